The fraction of sp³-hybridized carbons (Fsp3) is 0.591. The van der Waals surface area contributed by atoms with Crippen LogP contribution in [0, 0.1) is 11.3 Å². The SMILES string of the molecule is C[C@@H]1COCCN1c1cc(C2(C#N)CCC3(CC2)OCCO3)c2ccnc(Cl)c2n1. The van der Waals surface area contributed by atoms with Gasteiger partial charge in [0, 0.05) is 31.0 Å². The van der Waals surface area contributed by atoms with Crippen LogP contribution in [0.2, 0.25) is 5.15 Å². The second kappa shape index (κ2) is 7.61. The molecule has 30 heavy (non-hydrogen) atoms. The quantitative estimate of drug-likeness (QED) is 0.676. The molecule has 1 atom stereocenters. The van der Waals surface area contributed by atoms with Crippen molar-refractivity contribution in [3.63, 3.8) is 0 Å². The maximum Gasteiger partial charge on any atom is 0.168 e. The number of morpholine rings is 1. The Labute approximate surface area is 180 Å². The van der Waals surface area contributed by atoms with Crippen molar-refractivity contribution in [1.29, 1.82) is 5.26 Å². The van der Waals surface area contributed by atoms with Crippen molar-refractivity contribution in [2.45, 2.75) is 49.9 Å². The number of rotatable bonds is 2. The number of anilines is 1. The lowest BCUT2D eigenvalue weighted by atomic mass is 9.68. The smallest absolute Gasteiger partial charge is 0.168 e. The Balaban J connectivity index is 1.62. The molecule has 1 aliphatic carbocycles. The number of nitrogens with zero attached hydrogens (tertiary/aromatic N) is 4. The van der Waals surface area contributed by atoms with Gasteiger partial charge in [-0.3, -0.25) is 0 Å². The van der Waals surface area contributed by atoms with Crippen LogP contribution < -0.4 is 4.90 Å². The maximum atomic E-state index is 10.4. The standard InChI is InChI=1S/C22H25ClN4O3/c1-15-13-28-9-8-27(15)18-12-17(16-2-7-25-20(23)19(16)26-18)21(14-24)3-5-22(6-4-21)29-10-11-30-22/h2,7,12,15H,3-6,8-11,13H2,1H3/t15-/m1/s1. The van der Waals surface area contributed by atoms with E-state index in [0.29, 0.717) is 62.8 Å². The van der Waals surface area contributed by atoms with E-state index in [4.69, 9.17) is 30.8 Å². The summed E-state index contributed by atoms with van der Waals surface area (Å²) in [7, 11) is 0. The summed E-state index contributed by atoms with van der Waals surface area (Å²) in [4.78, 5) is 11.3. The minimum Gasteiger partial charge on any atom is -0.377 e. The van der Waals surface area contributed by atoms with E-state index in [1.54, 1.807) is 6.20 Å². The highest BCUT2D eigenvalue weighted by molar-refractivity contribution is 6.33. The molecule has 3 fully saturated rings. The van der Waals surface area contributed by atoms with Gasteiger partial charge in [-0.2, -0.15) is 5.26 Å². The molecule has 2 aliphatic heterocycles. The van der Waals surface area contributed by atoms with Gasteiger partial charge in [-0.05, 0) is 37.5 Å². The third-order valence-corrected chi connectivity index (χ3v) is 7.02. The monoisotopic (exact) mass is 428 g/mol. The summed E-state index contributed by atoms with van der Waals surface area (Å²) in [5.41, 5.74) is 0.978. The molecular weight excluding hydrogens is 404 g/mol. The summed E-state index contributed by atoms with van der Waals surface area (Å²) in [6, 6.07) is 6.84. The van der Waals surface area contributed by atoms with Gasteiger partial charge >= 0.3 is 0 Å². The van der Waals surface area contributed by atoms with Crippen LogP contribution in [0.3, 0.4) is 0 Å². The van der Waals surface area contributed by atoms with Crippen LogP contribution in [0.1, 0.15) is 38.2 Å². The number of fused-ring (bicyclic) bond motifs is 1. The summed E-state index contributed by atoms with van der Waals surface area (Å²) >= 11 is 6.46. The third-order valence-electron chi connectivity index (χ3n) is 6.74. The molecule has 4 heterocycles. The topological polar surface area (TPSA) is 80.5 Å². The summed E-state index contributed by atoms with van der Waals surface area (Å²) in [5.74, 6) is 0.302. The molecule has 0 bridgehead atoms. The van der Waals surface area contributed by atoms with Gasteiger partial charge in [-0.1, -0.05) is 11.6 Å². The zero-order valence-corrected chi connectivity index (χ0v) is 17.8. The Kier molecular flexibility index (Phi) is 5.06. The molecule has 3 aliphatic rings. The van der Waals surface area contributed by atoms with Crippen LogP contribution in [-0.2, 0) is 19.6 Å². The van der Waals surface area contributed by atoms with Crippen LogP contribution in [0.15, 0.2) is 18.3 Å². The number of ether oxygens (including phenoxy) is 3. The summed E-state index contributed by atoms with van der Waals surface area (Å²) < 4.78 is 17.4. The van der Waals surface area contributed by atoms with Crippen molar-refractivity contribution in [3.05, 3.63) is 29.0 Å². The van der Waals surface area contributed by atoms with Crippen molar-refractivity contribution in [1.82, 2.24) is 9.97 Å². The number of hydrogen-bond acceptors (Lipinski definition) is 7. The van der Waals surface area contributed by atoms with Crippen LogP contribution in [0.25, 0.3) is 10.9 Å². The molecule has 5 rings (SSSR count). The van der Waals surface area contributed by atoms with Crippen molar-refractivity contribution >= 4 is 28.3 Å². The zero-order valence-electron chi connectivity index (χ0n) is 17.1. The molecule has 2 aromatic rings. The molecule has 2 aromatic heterocycles. The Hall–Kier alpha value is -1.98. The highest BCUT2D eigenvalue weighted by Gasteiger charge is 2.48. The number of halogens is 1. The van der Waals surface area contributed by atoms with Crippen molar-refractivity contribution < 1.29 is 14.2 Å². The highest BCUT2D eigenvalue weighted by atomic mass is 35.5. The van der Waals surface area contributed by atoms with Gasteiger partial charge in [-0.15, -0.1) is 0 Å². The lowest BCUT2D eigenvalue weighted by Crippen LogP contribution is -2.44. The summed E-state index contributed by atoms with van der Waals surface area (Å²) in [6.45, 7) is 5.42. The zero-order chi connectivity index (χ0) is 20.8. The Morgan fingerprint density at radius 3 is 2.67 bits per heavy atom. The van der Waals surface area contributed by atoms with E-state index in [2.05, 4.69) is 28.9 Å². The van der Waals surface area contributed by atoms with Gasteiger partial charge in [0.2, 0.25) is 0 Å². The van der Waals surface area contributed by atoms with E-state index in [1.165, 1.54) is 0 Å². The van der Waals surface area contributed by atoms with E-state index >= 15 is 0 Å². The fourth-order valence-electron chi connectivity index (χ4n) is 5.00. The predicted octanol–water partition coefficient (Wildman–Crippen LogP) is 3.59. The van der Waals surface area contributed by atoms with Gasteiger partial charge < -0.3 is 19.1 Å². The normalized spacial score (nSPS) is 25.5. The Morgan fingerprint density at radius 2 is 1.97 bits per heavy atom. The van der Waals surface area contributed by atoms with Gasteiger partial charge in [0.15, 0.2) is 10.9 Å². The lowest BCUT2D eigenvalue weighted by Gasteiger charge is -2.41. The second-order valence-electron chi connectivity index (χ2n) is 8.44. The first-order valence-corrected chi connectivity index (χ1v) is 10.9. The average molecular weight is 429 g/mol. The first-order chi connectivity index (χ1) is 14.6. The van der Waals surface area contributed by atoms with Gasteiger partial charge in [0.25, 0.3) is 0 Å². The van der Waals surface area contributed by atoms with Crippen molar-refractivity contribution in [2.75, 3.05) is 37.9 Å². The molecule has 8 heteroatoms. The van der Waals surface area contributed by atoms with Crippen molar-refractivity contribution in [3.8, 4) is 6.07 Å². The Bertz CT molecular complexity index is 992. The molecule has 0 N–H and O–H groups in total. The van der Waals surface area contributed by atoms with E-state index in [0.717, 1.165) is 23.3 Å². The van der Waals surface area contributed by atoms with Crippen LogP contribution >= 0.6 is 11.6 Å². The van der Waals surface area contributed by atoms with Gasteiger partial charge in [0.05, 0.1) is 44.0 Å². The largest absolute Gasteiger partial charge is 0.377 e. The van der Waals surface area contributed by atoms with E-state index < -0.39 is 11.2 Å². The molecule has 158 valence electrons. The number of hydrogen-bond donors (Lipinski definition) is 0. The lowest BCUT2D eigenvalue weighted by molar-refractivity contribution is -0.182. The first kappa shape index (κ1) is 20.0. The summed E-state index contributed by atoms with van der Waals surface area (Å²) in [5, 5.41) is 11.6. The van der Waals surface area contributed by atoms with E-state index in [-0.39, 0.29) is 6.04 Å². The van der Waals surface area contributed by atoms with Crippen LogP contribution in [-0.4, -0.2) is 54.8 Å². The average Bonchev–Trinajstić information content (AvgIpc) is 3.23. The fourth-order valence-corrected chi connectivity index (χ4v) is 5.20. The van der Waals surface area contributed by atoms with Crippen molar-refractivity contribution in [2.24, 2.45) is 0 Å². The molecule has 1 saturated carbocycles. The van der Waals surface area contributed by atoms with Gasteiger partial charge in [0.1, 0.15) is 11.3 Å². The first-order valence-electron chi connectivity index (χ1n) is 10.6. The molecule has 0 radical (unpaired) electrons. The molecule has 0 unspecified atom stereocenters. The molecule has 0 amide bonds. The minimum atomic E-state index is -0.642. The second-order valence-corrected chi connectivity index (χ2v) is 8.80. The van der Waals surface area contributed by atoms with Crippen LogP contribution in [0.4, 0.5) is 5.82 Å². The molecule has 7 nitrogen and oxygen atoms in total. The minimum absolute atomic E-state index is 0.194. The predicted molar refractivity (Wildman–Crippen MR) is 113 cm³/mol. The molecule has 1 spiro atoms. The number of nitriles is 1. The van der Waals surface area contributed by atoms with Crippen LogP contribution in [0.5, 0.6) is 0 Å². The van der Waals surface area contributed by atoms with Gasteiger partial charge in [-0.25, -0.2) is 9.97 Å². The molecular formula is C22H25ClN4O3. The van der Waals surface area contributed by atoms with E-state index in [9.17, 15) is 5.26 Å². The highest BCUT2D eigenvalue weighted by Crippen LogP contribution is 2.48. The summed E-state index contributed by atoms with van der Waals surface area (Å²) in [6.07, 6.45) is 4.42. The maximum absolute atomic E-state index is 10.4. The van der Waals surface area contributed by atoms with E-state index in [1.807, 2.05) is 6.07 Å². The Morgan fingerprint density at radius 1 is 1.20 bits per heavy atom. The number of aromatic nitrogens is 2. The molecule has 2 saturated heterocycles. The third kappa shape index (κ3) is 3.23. The number of pyridine rings is 2. The molecule has 0 aromatic carbocycles.